The summed E-state index contributed by atoms with van der Waals surface area (Å²) in [5.74, 6) is 0.0865. The Kier molecular flexibility index (Phi) is 5.30. The number of aromatic nitrogens is 2. The van der Waals surface area contributed by atoms with Gasteiger partial charge in [-0.15, -0.1) is 0 Å². The Morgan fingerprint density at radius 1 is 1.39 bits per heavy atom. The molecule has 7 heteroatoms. The number of carbonyl (C=O) groups excluding carboxylic acids is 1. The highest BCUT2D eigenvalue weighted by Crippen LogP contribution is 2.25. The van der Waals surface area contributed by atoms with Crippen molar-refractivity contribution in [3.63, 3.8) is 0 Å². The van der Waals surface area contributed by atoms with E-state index in [0.717, 1.165) is 32.5 Å². The first kappa shape index (κ1) is 16.4. The molecule has 0 N–H and O–H groups in total. The van der Waals surface area contributed by atoms with Crippen LogP contribution >= 0.6 is 0 Å². The van der Waals surface area contributed by atoms with Crippen LogP contribution in [0.1, 0.15) is 18.5 Å². The zero-order valence-electron chi connectivity index (χ0n) is 14.0. The van der Waals surface area contributed by atoms with Gasteiger partial charge in [0, 0.05) is 46.5 Å². The fraction of sp³-hybridized carbons (Fsp3) is 0.750. The van der Waals surface area contributed by atoms with Crippen LogP contribution in [0.5, 0.6) is 0 Å². The van der Waals surface area contributed by atoms with Crippen molar-refractivity contribution in [2.75, 3.05) is 40.0 Å². The molecule has 0 aliphatic carbocycles. The average Bonchev–Trinajstić information content (AvgIpc) is 2.83. The summed E-state index contributed by atoms with van der Waals surface area (Å²) in [7, 11) is 3.69. The lowest BCUT2D eigenvalue weighted by Crippen LogP contribution is -2.55. The Morgan fingerprint density at radius 3 is 2.96 bits per heavy atom. The van der Waals surface area contributed by atoms with Crippen molar-refractivity contribution in [2.24, 2.45) is 7.05 Å². The predicted octanol–water partition coefficient (Wildman–Crippen LogP) is 0.258. The molecular weight excluding hydrogens is 296 g/mol. The van der Waals surface area contributed by atoms with Crippen molar-refractivity contribution in [1.29, 1.82) is 0 Å². The van der Waals surface area contributed by atoms with Crippen LogP contribution in [-0.4, -0.2) is 77.4 Å². The predicted molar refractivity (Wildman–Crippen MR) is 84.8 cm³/mol. The summed E-state index contributed by atoms with van der Waals surface area (Å²) < 4.78 is 13.0. The third-order valence-corrected chi connectivity index (χ3v) is 4.88. The lowest BCUT2D eigenvalue weighted by Gasteiger charge is -2.40. The highest BCUT2D eigenvalue weighted by Gasteiger charge is 2.38. The molecule has 1 amide bonds. The number of ether oxygens (including phenoxy) is 2. The van der Waals surface area contributed by atoms with Gasteiger partial charge in [-0.3, -0.25) is 9.69 Å². The van der Waals surface area contributed by atoms with Gasteiger partial charge in [0.1, 0.15) is 6.61 Å². The summed E-state index contributed by atoms with van der Waals surface area (Å²) in [6.07, 6.45) is 5.79. The van der Waals surface area contributed by atoms with E-state index >= 15 is 0 Å². The zero-order chi connectivity index (χ0) is 16.2. The van der Waals surface area contributed by atoms with E-state index in [2.05, 4.69) is 14.5 Å². The van der Waals surface area contributed by atoms with Gasteiger partial charge >= 0.3 is 0 Å². The minimum atomic E-state index is 0.0865. The summed E-state index contributed by atoms with van der Waals surface area (Å²) in [6, 6.07) is 0.169. The normalized spacial score (nSPS) is 26.2. The van der Waals surface area contributed by atoms with E-state index in [9.17, 15) is 4.79 Å². The molecule has 0 aromatic carbocycles. The summed E-state index contributed by atoms with van der Waals surface area (Å²) in [5.41, 5.74) is 1.21. The summed E-state index contributed by atoms with van der Waals surface area (Å²) in [4.78, 5) is 20.7. The summed E-state index contributed by atoms with van der Waals surface area (Å²) in [6.45, 7) is 4.27. The number of amides is 1. The molecule has 128 valence electrons. The van der Waals surface area contributed by atoms with E-state index in [1.165, 1.54) is 5.69 Å². The number of imidazole rings is 1. The number of methoxy groups -OCH3 is 1. The van der Waals surface area contributed by atoms with E-state index in [0.29, 0.717) is 13.2 Å². The lowest BCUT2D eigenvalue weighted by atomic mass is 10.0. The largest absolute Gasteiger partial charge is 0.383 e. The van der Waals surface area contributed by atoms with Gasteiger partial charge in [-0.25, -0.2) is 4.98 Å². The van der Waals surface area contributed by atoms with E-state index in [1.54, 1.807) is 7.11 Å². The lowest BCUT2D eigenvalue weighted by molar-refractivity contribution is -0.158. The number of hydrogen-bond donors (Lipinski definition) is 0. The van der Waals surface area contributed by atoms with Crippen LogP contribution in [0, 0.1) is 0 Å². The second-order valence-corrected chi connectivity index (χ2v) is 6.35. The van der Waals surface area contributed by atoms with Crippen molar-refractivity contribution in [3.8, 4) is 0 Å². The van der Waals surface area contributed by atoms with Crippen molar-refractivity contribution in [1.82, 2.24) is 19.4 Å². The quantitative estimate of drug-likeness (QED) is 0.778. The van der Waals surface area contributed by atoms with Crippen molar-refractivity contribution < 1.29 is 14.3 Å². The fourth-order valence-electron chi connectivity index (χ4n) is 3.52. The van der Waals surface area contributed by atoms with Crippen LogP contribution < -0.4 is 0 Å². The SMILES string of the molecule is COCCN1C(=O)CO[C@H]2CCN(Cc3cncn3C)CC[C@@H]21. The number of aryl methyl sites for hydroxylation is 1. The van der Waals surface area contributed by atoms with Crippen molar-refractivity contribution in [3.05, 3.63) is 18.2 Å². The van der Waals surface area contributed by atoms with Crippen molar-refractivity contribution in [2.45, 2.75) is 31.5 Å². The first-order valence-corrected chi connectivity index (χ1v) is 8.26. The van der Waals surface area contributed by atoms with Crippen LogP contribution in [0.4, 0.5) is 0 Å². The summed E-state index contributed by atoms with van der Waals surface area (Å²) in [5, 5.41) is 0. The molecule has 1 aromatic heterocycles. The van der Waals surface area contributed by atoms with Gasteiger partial charge < -0.3 is 18.9 Å². The Hall–Kier alpha value is -1.44. The first-order chi connectivity index (χ1) is 11.2. The smallest absolute Gasteiger partial charge is 0.249 e. The Bertz CT molecular complexity index is 533. The van der Waals surface area contributed by atoms with E-state index in [1.807, 2.05) is 24.5 Å². The zero-order valence-corrected chi connectivity index (χ0v) is 14.0. The molecule has 0 unspecified atom stereocenters. The number of carbonyl (C=O) groups is 1. The molecule has 7 nitrogen and oxygen atoms in total. The van der Waals surface area contributed by atoms with Crippen molar-refractivity contribution >= 4 is 5.91 Å². The van der Waals surface area contributed by atoms with Crippen LogP contribution in [0.15, 0.2) is 12.5 Å². The minimum absolute atomic E-state index is 0.0865. The second kappa shape index (κ2) is 7.42. The number of nitrogens with zero attached hydrogens (tertiary/aromatic N) is 4. The monoisotopic (exact) mass is 322 g/mol. The Labute approximate surface area is 137 Å². The van der Waals surface area contributed by atoms with Crippen LogP contribution in [-0.2, 0) is 27.9 Å². The average molecular weight is 322 g/mol. The first-order valence-electron chi connectivity index (χ1n) is 8.26. The topological polar surface area (TPSA) is 59.8 Å². The molecule has 3 heterocycles. The molecule has 23 heavy (non-hydrogen) atoms. The number of rotatable bonds is 5. The maximum Gasteiger partial charge on any atom is 0.249 e. The van der Waals surface area contributed by atoms with Gasteiger partial charge in [0.25, 0.3) is 0 Å². The summed E-state index contributed by atoms with van der Waals surface area (Å²) >= 11 is 0. The van der Waals surface area contributed by atoms with Crippen LogP contribution in [0.25, 0.3) is 0 Å². The Morgan fingerprint density at radius 2 is 2.22 bits per heavy atom. The standard InChI is InChI=1S/C16H26N4O3/c1-18-12-17-9-13(18)10-19-5-3-14-15(4-6-19)23-11-16(21)20(14)7-8-22-2/h9,12,14-15H,3-8,10-11H2,1-2H3/t14-,15-/m0/s1. The van der Waals surface area contributed by atoms with E-state index < -0.39 is 0 Å². The molecule has 3 rings (SSSR count). The fourth-order valence-corrected chi connectivity index (χ4v) is 3.52. The number of morpholine rings is 1. The van der Waals surface area contributed by atoms with Gasteiger partial charge in [0.15, 0.2) is 0 Å². The van der Waals surface area contributed by atoms with E-state index in [4.69, 9.17) is 9.47 Å². The molecule has 2 aliphatic heterocycles. The molecule has 0 radical (unpaired) electrons. The molecule has 2 saturated heterocycles. The van der Waals surface area contributed by atoms with E-state index in [-0.39, 0.29) is 24.7 Å². The van der Waals surface area contributed by atoms with Gasteiger partial charge in [0.2, 0.25) is 5.91 Å². The molecule has 2 atom stereocenters. The number of likely N-dealkylation sites (tertiary alicyclic amines) is 1. The second-order valence-electron chi connectivity index (χ2n) is 6.35. The minimum Gasteiger partial charge on any atom is -0.383 e. The maximum atomic E-state index is 12.2. The maximum absolute atomic E-state index is 12.2. The van der Waals surface area contributed by atoms with Gasteiger partial charge in [-0.1, -0.05) is 0 Å². The molecule has 2 aliphatic rings. The highest BCUT2D eigenvalue weighted by molar-refractivity contribution is 5.78. The third-order valence-electron chi connectivity index (χ3n) is 4.88. The molecule has 1 aromatic rings. The van der Waals surface area contributed by atoms with Crippen LogP contribution in [0.2, 0.25) is 0 Å². The third kappa shape index (κ3) is 3.73. The molecular formula is C16H26N4O3. The molecule has 2 fully saturated rings. The van der Waals surface area contributed by atoms with Gasteiger partial charge in [-0.05, 0) is 12.8 Å². The molecule has 0 bridgehead atoms. The Balaban J connectivity index is 1.64. The van der Waals surface area contributed by atoms with Gasteiger partial charge in [-0.2, -0.15) is 0 Å². The number of hydrogen-bond acceptors (Lipinski definition) is 5. The number of fused-ring (bicyclic) bond motifs is 1. The van der Waals surface area contributed by atoms with Gasteiger partial charge in [0.05, 0.1) is 30.8 Å². The molecule has 0 saturated carbocycles. The highest BCUT2D eigenvalue weighted by atomic mass is 16.5. The molecule has 0 spiro atoms. The van der Waals surface area contributed by atoms with Crippen LogP contribution in [0.3, 0.4) is 0 Å².